The summed E-state index contributed by atoms with van der Waals surface area (Å²) in [6, 6.07) is 0.601. The molecular formula is C15H28N2O3S. The lowest BCUT2D eigenvalue weighted by Crippen LogP contribution is -2.37. The van der Waals surface area contributed by atoms with Crippen LogP contribution in [0.15, 0.2) is 0 Å². The third-order valence-corrected chi connectivity index (χ3v) is 6.37. The minimum Gasteiger partial charge on any atom is -0.355 e. The van der Waals surface area contributed by atoms with E-state index in [-0.39, 0.29) is 23.3 Å². The quantitative estimate of drug-likeness (QED) is 0.571. The maximum atomic E-state index is 11.8. The van der Waals surface area contributed by atoms with Gasteiger partial charge in [0.15, 0.2) is 9.84 Å². The summed E-state index contributed by atoms with van der Waals surface area (Å²) in [5.41, 5.74) is 0. The molecular weight excluding hydrogens is 288 g/mol. The molecule has 2 fully saturated rings. The third kappa shape index (κ3) is 6.34. The van der Waals surface area contributed by atoms with Gasteiger partial charge in [-0.3, -0.25) is 4.79 Å². The molecule has 1 heterocycles. The van der Waals surface area contributed by atoms with E-state index in [0.717, 1.165) is 6.54 Å². The second-order valence-corrected chi connectivity index (χ2v) is 8.69. The first-order valence-electron chi connectivity index (χ1n) is 8.26. The molecule has 1 aliphatic carbocycles. The van der Waals surface area contributed by atoms with E-state index in [0.29, 0.717) is 25.4 Å². The minimum absolute atomic E-state index is 0.0141. The van der Waals surface area contributed by atoms with Gasteiger partial charge in [0.1, 0.15) is 0 Å². The molecule has 1 amide bonds. The molecule has 2 N–H and O–H groups in total. The number of carbonyl (C=O) groups is 1. The summed E-state index contributed by atoms with van der Waals surface area (Å²) in [6.07, 6.45) is 8.78. The number of rotatable bonds is 6. The first kappa shape index (κ1) is 16.7. The zero-order valence-electron chi connectivity index (χ0n) is 12.8. The third-order valence-electron chi connectivity index (χ3n) is 4.54. The molecule has 0 spiro atoms. The first-order valence-corrected chi connectivity index (χ1v) is 10.1. The van der Waals surface area contributed by atoms with Gasteiger partial charge in [-0.2, -0.15) is 0 Å². The number of amides is 1. The zero-order valence-corrected chi connectivity index (χ0v) is 13.6. The molecule has 6 heteroatoms. The van der Waals surface area contributed by atoms with Crippen molar-refractivity contribution in [3.63, 3.8) is 0 Å². The van der Waals surface area contributed by atoms with Crippen LogP contribution in [0.25, 0.3) is 0 Å². The Morgan fingerprint density at radius 1 is 1.00 bits per heavy atom. The van der Waals surface area contributed by atoms with Crippen LogP contribution in [0.2, 0.25) is 0 Å². The van der Waals surface area contributed by atoms with Crippen LogP contribution in [-0.4, -0.2) is 45.0 Å². The summed E-state index contributed by atoms with van der Waals surface area (Å²) in [5, 5.41) is 6.41. The molecule has 1 aliphatic heterocycles. The highest BCUT2D eigenvalue weighted by molar-refractivity contribution is 7.91. The van der Waals surface area contributed by atoms with Crippen molar-refractivity contribution in [2.45, 2.75) is 57.4 Å². The van der Waals surface area contributed by atoms with Crippen molar-refractivity contribution in [3.8, 4) is 0 Å². The lowest BCUT2D eigenvalue weighted by atomic mass is 10.1. The Kier molecular flexibility index (Phi) is 6.48. The summed E-state index contributed by atoms with van der Waals surface area (Å²) in [7, 11) is -2.88. The van der Waals surface area contributed by atoms with Crippen molar-refractivity contribution in [2.24, 2.45) is 5.92 Å². The predicted octanol–water partition coefficient (Wildman–Crippen LogP) is 1.24. The molecule has 0 aromatic heterocycles. The highest BCUT2D eigenvalue weighted by Gasteiger charge is 2.29. The Hall–Kier alpha value is -0.620. The van der Waals surface area contributed by atoms with Gasteiger partial charge < -0.3 is 10.6 Å². The Morgan fingerprint density at radius 3 is 2.33 bits per heavy atom. The van der Waals surface area contributed by atoms with Gasteiger partial charge in [-0.1, -0.05) is 25.7 Å². The van der Waals surface area contributed by atoms with Gasteiger partial charge in [-0.05, 0) is 25.2 Å². The maximum absolute atomic E-state index is 11.8. The smallest absolute Gasteiger partial charge is 0.220 e. The van der Waals surface area contributed by atoms with Crippen LogP contribution in [-0.2, 0) is 14.6 Å². The Morgan fingerprint density at radius 2 is 1.71 bits per heavy atom. The summed E-state index contributed by atoms with van der Waals surface area (Å²) in [6.45, 7) is 1.44. The Balaban J connectivity index is 1.55. The molecule has 21 heavy (non-hydrogen) atoms. The van der Waals surface area contributed by atoms with Gasteiger partial charge >= 0.3 is 0 Å². The number of carbonyl (C=O) groups excluding carboxylic acids is 1. The number of hydrogen-bond donors (Lipinski definition) is 2. The van der Waals surface area contributed by atoms with Gasteiger partial charge in [0.25, 0.3) is 0 Å². The Bertz CT molecular complexity index is 428. The van der Waals surface area contributed by atoms with E-state index >= 15 is 0 Å². The molecule has 1 atom stereocenters. The van der Waals surface area contributed by atoms with Crippen LogP contribution in [0, 0.1) is 5.92 Å². The van der Waals surface area contributed by atoms with Crippen molar-refractivity contribution < 1.29 is 13.2 Å². The van der Waals surface area contributed by atoms with E-state index in [2.05, 4.69) is 10.6 Å². The average Bonchev–Trinajstić information content (AvgIpc) is 2.65. The van der Waals surface area contributed by atoms with Crippen molar-refractivity contribution in [1.29, 1.82) is 0 Å². The van der Waals surface area contributed by atoms with Gasteiger partial charge in [0.05, 0.1) is 11.5 Å². The molecule has 0 bridgehead atoms. The van der Waals surface area contributed by atoms with Crippen LogP contribution in [0.4, 0.5) is 0 Å². The molecule has 0 radical (unpaired) electrons. The molecule has 1 unspecified atom stereocenters. The largest absolute Gasteiger partial charge is 0.355 e. The van der Waals surface area contributed by atoms with E-state index < -0.39 is 9.84 Å². The number of nitrogens with one attached hydrogen (secondary N) is 2. The van der Waals surface area contributed by atoms with Crippen molar-refractivity contribution in [1.82, 2.24) is 10.6 Å². The standard InChI is InChI=1S/C15H28N2O3S/c18-15(11-13-7-10-21(19,20)12-13)17-9-8-16-14-5-3-1-2-4-6-14/h13-14,16H,1-12H2,(H,17,18). The van der Waals surface area contributed by atoms with Gasteiger partial charge in [-0.15, -0.1) is 0 Å². The van der Waals surface area contributed by atoms with E-state index in [1.54, 1.807) is 0 Å². The summed E-state index contributed by atoms with van der Waals surface area (Å²) < 4.78 is 22.7. The zero-order chi connectivity index (χ0) is 15.1. The summed E-state index contributed by atoms with van der Waals surface area (Å²) in [4.78, 5) is 11.8. The van der Waals surface area contributed by atoms with Gasteiger partial charge in [0.2, 0.25) is 5.91 Å². The molecule has 0 aromatic carbocycles. The van der Waals surface area contributed by atoms with Crippen molar-refractivity contribution in [2.75, 3.05) is 24.6 Å². The monoisotopic (exact) mass is 316 g/mol. The molecule has 1 saturated carbocycles. The van der Waals surface area contributed by atoms with Crippen LogP contribution < -0.4 is 10.6 Å². The lowest BCUT2D eigenvalue weighted by Gasteiger charge is -2.16. The highest BCUT2D eigenvalue weighted by atomic mass is 32.2. The average molecular weight is 316 g/mol. The molecule has 2 aliphatic rings. The minimum atomic E-state index is -2.88. The summed E-state index contributed by atoms with van der Waals surface area (Å²) >= 11 is 0. The lowest BCUT2D eigenvalue weighted by molar-refractivity contribution is -0.121. The Labute approximate surface area is 128 Å². The normalized spacial score (nSPS) is 26.4. The number of sulfone groups is 1. The predicted molar refractivity (Wildman–Crippen MR) is 83.9 cm³/mol. The fourth-order valence-corrected chi connectivity index (χ4v) is 5.19. The van der Waals surface area contributed by atoms with Gasteiger partial charge in [0, 0.05) is 25.6 Å². The van der Waals surface area contributed by atoms with Crippen LogP contribution >= 0.6 is 0 Å². The second-order valence-electron chi connectivity index (χ2n) is 6.47. The number of hydrogen-bond acceptors (Lipinski definition) is 4. The fraction of sp³-hybridized carbons (Fsp3) is 0.933. The van der Waals surface area contributed by atoms with E-state index in [1.807, 2.05) is 0 Å². The molecule has 1 saturated heterocycles. The van der Waals surface area contributed by atoms with E-state index in [9.17, 15) is 13.2 Å². The van der Waals surface area contributed by atoms with E-state index in [4.69, 9.17) is 0 Å². The first-order chi connectivity index (χ1) is 10.1. The molecule has 122 valence electrons. The van der Waals surface area contributed by atoms with Crippen molar-refractivity contribution >= 4 is 15.7 Å². The van der Waals surface area contributed by atoms with Crippen LogP contribution in [0.1, 0.15) is 51.4 Å². The summed E-state index contributed by atoms with van der Waals surface area (Å²) in [5.74, 6) is 0.430. The second kappa shape index (κ2) is 8.13. The SMILES string of the molecule is O=C(CC1CCS(=O)(=O)C1)NCCNC1CCCCCC1. The molecule has 0 aromatic rings. The topological polar surface area (TPSA) is 75.3 Å². The van der Waals surface area contributed by atoms with Crippen LogP contribution in [0.3, 0.4) is 0 Å². The fourth-order valence-electron chi connectivity index (χ4n) is 3.33. The van der Waals surface area contributed by atoms with Crippen molar-refractivity contribution in [3.05, 3.63) is 0 Å². The molecule has 2 rings (SSSR count). The van der Waals surface area contributed by atoms with E-state index in [1.165, 1.54) is 38.5 Å². The van der Waals surface area contributed by atoms with Gasteiger partial charge in [-0.25, -0.2) is 8.42 Å². The highest BCUT2D eigenvalue weighted by Crippen LogP contribution is 2.21. The molecule has 5 nitrogen and oxygen atoms in total. The maximum Gasteiger partial charge on any atom is 0.220 e. The van der Waals surface area contributed by atoms with Crippen LogP contribution in [0.5, 0.6) is 0 Å².